The van der Waals surface area contributed by atoms with Crippen LogP contribution in [0.15, 0.2) is 48.5 Å². The summed E-state index contributed by atoms with van der Waals surface area (Å²) in [6.45, 7) is 0.880. The number of amides is 2. The Hall–Kier alpha value is -2.60. The van der Waals surface area contributed by atoms with E-state index in [-0.39, 0.29) is 11.8 Å². The van der Waals surface area contributed by atoms with E-state index in [0.717, 1.165) is 5.56 Å². The van der Waals surface area contributed by atoms with Crippen LogP contribution in [0.1, 0.15) is 18.4 Å². The third-order valence-corrected chi connectivity index (χ3v) is 4.59. The second-order valence-corrected chi connectivity index (χ2v) is 6.16. The molecule has 0 radical (unpaired) electrons. The fourth-order valence-corrected chi connectivity index (χ4v) is 3.06. The summed E-state index contributed by atoms with van der Waals surface area (Å²) in [4.78, 5) is 14.0. The molecule has 5 nitrogen and oxygen atoms in total. The first-order valence-electron chi connectivity index (χ1n) is 8.19. The number of ether oxygens (including phenoxy) is 1. The van der Waals surface area contributed by atoms with Crippen molar-refractivity contribution in [3.05, 3.63) is 59.9 Å². The van der Waals surface area contributed by atoms with E-state index >= 15 is 0 Å². The topological polar surface area (TPSA) is 61.8 Å². The summed E-state index contributed by atoms with van der Waals surface area (Å²) in [5.74, 6) is -0.402. The maximum atomic E-state index is 13.4. The summed E-state index contributed by atoms with van der Waals surface area (Å²) < 4.78 is 18.3. The molecule has 1 aliphatic heterocycles. The summed E-state index contributed by atoms with van der Waals surface area (Å²) in [6.07, 6.45) is 0.939. The standard InChI is InChI=1S/C19H21FN2O3/c1-25-17-13-15(7-8-16(17)20)21-18(23)22-11-9-19(24,10-12-22)14-5-3-2-4-6-14/h2-8,13,24H,9-12H2,1H3,(H,21,23). The zero-order chi connectivity index (χ0) is 17.9. The van der Waals surface area contributed by atoms with Gasteiger partial charge in [-0.25, -0.2) is 9.18 Å². The van der Waals surface area contributed by atoms with Gasteiger partial charge in [0.1, 0.15) is 0 Å². The highest BCUT2D eigenvalue weighted by Crippen LogP contribution is 2.33. The lowest BCUT2D eigenvalue weighted by Crippen LogP contribution is -2.46. The van der Waals surface area contributed by atoms with E-state index in [4.69, 9.17) is 4.74 Å². The first kappa shape index (κ1) is 17.2. The minimum absolute atomic E-state index is 0.0786. The van der Waals surface area contributed by atoms with Gasteiger partial charge in [0.25, 0.3) is 0 Å². The Morgan fingerprint density at radius 3 is 2.52 bits per heavy atom. The number of anilines is 1. The number of carbonyl (C=O) groups is 1. The van der Waals surface area contributed by atoms with Gasteiger partial charge in [0, 0.05) is 24.8 Å². The van der Waals surface area contributed by atoms with E-state index in [0.29, 0.717) is 31.6 Å². The molecule has 0 bridgehead atoms. The lowest BCUT2D eigenvalue weighted by molar-refractivity contribution is -0.0156. The zero-order valence-electron chi connectivity index (χ0n) is 14.0. The number of hydrogen-bond acceptors (Lipinski definition) is 3. The molecule has 0 atom stereocenters. The fraction of sp³-hybridized carbons (Fsp3) is 0.316. The molecule has 132 valence electrons. The predicted octanol–water partition coefficient (Wildman–Crippen LogP) is 3.35. The van der Waals surface area contributed by atoms with Crippen molar-refractivity contribution in [2.75, 3.05) is 25.5 Å². The van der Waals surface area contributed by atoms with Crippen LogP contribution in [0.2, 0.25) is 0 Å². The molecule has 25 heavy (non-hydrogen) atoms. The Bertz CT molecular complexity index is 744. The molecule has 2 aromatic carbocycles. The van der Waals surface area contributed by atoms with Gasteiger partial charge in [-0.1, -0.05) is 30.3 Å². The van der Waals surface area contributed by atoms with Crippen molar-refractivity contribution >= 4 is 11.7 Å². The molecule has 0 spiro atoms. The highest BCUT2D eigenvalue weighted by Gasteiger charge is 2.35. The molecule has 6 heteroatoms. The third kappa shape index (κ3) is 3.74. The molecule has 2 N–H and O–H groups in total. The Morgan fingerprint density at radius 2 is 1.88 bits per heavy atom. The van der Waals surface area contributed by atoms with E-state index in [9.17, 15) is 14.3 Å². The monoisotopic (exact) mass is 344 g/mol. The fourth-order valence-electron chi connectivity index (χ4n) is 3.06. The number of hydrogen-bond donors (Lipinski definition) is 2. The van der Waals surface area contributed by atoms with Crippen LogP contribution in [0.4, 0.5) is 14.9 Å². The number of benzene rings is 2. The van der Waals surface area contributed by atoms with Gasteiger partial charge >= 0.3 is 6.03 Å². The molecular weight excluding hydrogens is 323 g/mol. The highest BCUT2D eigenvalue weighted by molar-refractivity contribution is 5.89. The third-order valence-electron chi connectivity index (χ3n) is 4.59. The Kier molecular flexibility index (Phi) is 4.90. The van der Waals surface area contributed by atoms with Crippen LogP contribution in [0.3, 0.4) is 0 Å². The number of rotatable bonds is 3. The Labute approximate surface area is 146 Å². The van der Waals surface area contributed by atoms with Gasteiger partial charge in [0.05, 0.1) is 12.7 Å². The quantitative estimate of drug-likeness (QED) is 0.898. The van der Waals surface area contributed by atoms with Crippen molar-refractivity contribution in [3.8, 4) is 5.75 Å². The number of piperidine rings is 1. The number of likely N-dealkylation sites (tertiary alicyclic amines) is 1. The van der Waals surface area contributed by atoms with E-state index in [1.54, 1.807) is 4.90 Å². The summed E-state index contributed by atoms with van der Waals surface area (Å²) >= 11 is 0. The molecule has 1 heterocycles. The summed E-state index contributed by atoms with van der Waals surface area (Å²) in [5.41, 5.74) is 0.433. The second kappa shape index (κ2) is 7.11. The normalized spacial score (nSPS) is 16.4. The molecule has 2 amide bonds. The van der Waals surface area contributed by atoms with Gasteiger partial charge in [0.15, 0.2) is 11.6 Å². The molecule has 2 aromatic rings. The van der Waals surface area contributed by atoms with Crippen molar-refractivity contribution in [3.63, 3.8) is 0 Å². The number of methoxy groups -OCH3 is 1. The lowest BCUT2D eigenvalue weighted by Gasteiger charge is -2.38. The smallest absolute Gasteiger partial charge is 0.321 e. The van der Waals surface area contributed by atoms with Gasteiger partial charge in [-0.3, -0.25) is 0 Å². The maximum Gasteiger partial charge on any atom is 0.321 e. The van der Waals surface area contributed by atoms with Crippen molar-refractivity contribution in [2.24, 2.45) is 0 Å². The minimum Gasteiger partial charge on any atom is -0.494 e. The van der Waals surface area contributed by atoms with Crippen molar-refractivity contribution < 1.29 is 19.0 Å². The number of aliphatic hydroxyl groups is 1. The molecular formula is C19H21FN2O3. The number of halogens is 1. The van der Waals surface area contributed by atoms with E-state index in [2.05, 4.69) is 5.32 Å². The Balaban J connectivity index is 1.62. The summed E-state index contributed by atoms with van der Waals surface area (Å²) in [7, 11) is 1.37. The first-order valence-corrected chi connectivity index (χ1v) is 8.19. The highest BCUT2D eigenvalue weighted by atomic mass is 19.1. The SMILES string of the molecule is COc1cc(NC(=O)N2CCC(O)(c3ccccc3)CC2)ccc1F. The van der Waals surface area contributed by atoms with E-state index in [1.807, 2.05) is 30.3 Å². The molecule has 3 rings (SSSR count). The van der Waals surface area contributed by atoms with Crippen LogP contribution >= 0.6 is 0 Å². The van der Waals surface area contributed by atoms with Crippen LogP contribution in [-0.4, -0.2) is 36.2 Å². The lowest BCUT2D eigenvalue weighted by atomic mass is 9.84. The molecule has 0 aromatic heterocycles. The summed E-state index contributed by atoms with van der Waals surface area (Å²) in [6, 6.07) is 13.4. The van der Waals surface area contributed by atoms with E-state index < -0.39 is 11.4 Å². The van der Waals surface area contributed by atoms with Crippen LogP contribution in [0, 0.1) is 5.82 Å². The molecule has 0 unspecified atom stereocenters. The van der Waals surface area contributed by atoms with E-state index in [1.165, 1.54) is 25.3 Å². The number of urea groups is 1. The molecule has 0 aliphatic carbocycles. The predicted molar refractivity (Wildman–Crippen MR) is 93.1 cm³/mol. The number of nitrogens with one attached hydrogen (secondary N) is 1. The first-order chi connectivity index (χ1) is 12.0. The van der Waals surface area contributed by atoms with Gasteiger partial charge in [0.2, 0.25) is 0 Å². The van der Waals surface area contributed by atoms with Crippen LogP contribution in [0.5, 0.6) is 5.75 Å². The molecule has 1 fully saturated rings. The summed E-state index contributed by atoms with van der Waals surface area (Å²) in [5, 5.41) is 13.6. The average Bonchev–Trinajstić information content (AvgIpc) is 2.64. The minimum atomic E-state index is -0.906. The van der Waals surface area contributed by atoms with Crippen LogP contribution < -0.4 is 10.1 Å². The second-order valence-electron chi connectivity index (χ2n) is 6.16. The Morgan fingerprint density at radius 1 is 1.20 bits per heavy atom. The number of carbonyl (C=O) groups excluding carboxylic acids is 1. The molecule has 0 saturated carbocycles. The van der Waals surface area contributed by atoms with Crippen molar-refractivity contribution in [1.82, 2.24) is 4.90 Å². The van der Waals surface area contributed by atoms with Crippen molar-refractivity contribution in [2.45, 2.75) is 18.4 Å². The van der Waals surface area contributed by atoms with Gasteiger partial charge in [-0.05, 0) is 30.5 Å². The average molecular weight is 344 g/mol. The maximum absolute atomic E-state index is 13.4. The van der Waals surface area contributed by atoms with Crippen LogP contribution in [0.25, 0.3) is 0 Å². The number of nitrogens with zero attached hydrogens (tertiary/aromatic N) is 1. The van der Waals surface area contributed by atoms with Crippen molar-refractivity contribution in [1.29, 1.82) is 0 Å². The molecule has 1 saturated heterocycles. The van der Waals surface area contributed by atoms with Gasteiger partial charge in [-0.2, -0.15) is 0 Å². The van der Waals surface area contributed by atoms with Gasteiger partial charge < -0.3 is 20.1 Å². The zero-order valence-corrected chi connectivity index (χ0v) is 14.0. The van der Waals surface area contributed by atoms with Crippen LogP contribution in [-0.2, 0) is 5.60 Å². The molecule has 1 aliphatic rings. The largest absolute Gasteiger partial charge is 0.494 e. The van der Waals surface area contributed by atoms with Gasteiger partial charge in [-0.15, -0.1) is 0 Å².